The lowest BCUT2D eigenvalue weighted by atomic mass is 10.1. The van der Waals surface area contributed by atoms with E-state index < -0.39 is 5.95 Å². The Hall–Kier alpha value is -3.30. The predicted octanol–water partition coefficient (Wildman–Crippen LogP) is 2.42. The largest absolute Gasteiger partial charge is 0.350 e. The number of nitrogens with one attached hydrogen (secondary N) is 1. The summed E-state index contributed by atoms with van der Waals surface area (Å²) in [5.74, 6) is -0.955. The molecule has 1 fully saturated rings. The first-order valence-corrected chi connectivity index (χ1v) is 10.8. The average Bonchev–Trinajstić information content (AvgIpc) is 2.80. The number of pyridine rings is 1. The smallest absolute Gasteiger partial charge is 0.224 e. The number of nitrogens with zero attached hydrogens (tertiary/aromatic N) is 5. The lowest BCUT2D eigenvalue weighted by Crippen LogP contribution is -2.43. The molecule has 1 aliphatic heterocycles. The van der Waals surface area contributed by atoms with E-state index >= 15 is 0 Å². The highest BCUT2D eigenvalue weighted by atomic mass is 19.1. The van der Waals surface area contributed by atoms with E-state index in [4.69, 9.17) is 0 Å². The molecule has 2 aromatic heterocycles. The summed E-state index contributed by atoms with van der Waals surface area (Å²) in [6.45, 7) is 4.81. The van der Waals surface area contributed by atoms with Crippen LogP contribution in [0, 0.1) is 11.8 Å². The number of benzene rings is 1. The monoisotopic (exact) mass is 452 g/mol. The van der Waals surface area contributed by atoms with Crippen molar-refractivity contribution in [1.29, 1.82) is 0 Å². The summed E-state index contributed by atoms with van der Waals surface area (Å²) in [7, 11) is 2.11. The first kappa shape index (κ1) is 22.9. The number of hydrogen-bond acceptors (Lipinski definition) is 6. The maximum atomic E-state index is 14.7. The van der Waals surface area contributed by atoms with Crippen LogP contribution in [0.4, 0.5) is 8.78 Å². The summed E-state index contributed by atoms with van der Waals surface area (Å²) < 4.78 is 27.9. The Morgan fingerprint density at radius 3 is 2.48 bits per heavy atom. The molecule has 9 heteroatoms. The Labute approximate surface area is 191 Å². The van der Waals surface area contributed by atoms with Crippen molar-refractivity contribution >= 4 is 5.91 Å². The quantitative estimate of drug-likeness (QED) is 0.555. The Morgan fingerprint density at radius 2 is 1.79 bits per heavy atom. The van der Waals surface area contributed by atoms with Gasteiger partial charge in [-0.2, -0.15) is 4.39 Å². The molecule has 7 nitrogen and oxygen atoms in total. The molecule has 33 heavy (non-hydrogen) atoms. The molecule has 1 aromatic carbocycles. The number of halogens is 2. The molecule has 1 amide bonds. The molecule has 0 saturated carbocycles. The van der Waals surface area contributed by atoms with Gasteiger partial charge in [0, 0.05) is 45.1 Å². The third-order valence-corrected chi connectivity index (χ3v) is 5.59. The zero-order valence-electron chi connectivity index (χ0n) is 18.5. The molecule has 4 rings (SSSR count). The Kier molecular flexibility index (Phi) is 7.31. The zero-order valence-corrected chi connectivity index (χ0v) is 18.5. The number of rotatable bonds is 7. The van der Waals surface area contributed by atoms with E-state index in [-0.39, 0.29) is 30.5 Å². The SMILES string of the molecule is CN1CCN(Cc2ccc(-c3ncc(CC(=O)NCc4cccc(F)n4)cn3)c(F)c2)CC1. The van der Waals surface area contributed by atoms with Crippen LogP contribution in [0.1, 0.15) is 16.8 Å². The number of piperazine rings is 1. The van der Waals surface area contributed by atoms with Gasteiger partial charge in [-0.3, -0.25) is 9.69 Å². The highest BCUT2D eigenvalue weighted by Gasteiger charge is 2.16. The molecule has 3 aromatic rings. The number of amides is 1. The van der Waals surface area contributed by atoms with Crippen molar-refractivity contribution in [2.24, 2.45) is 0 Å². The Bertz CT molecular complexity index is 1100. The van der Waals surface area contributed by atoms with Crippen molar-refractivity contribution in [2.45, 2.75) is 19.5 Å². The van der Waals surface area contributed by atoms with Gasteiger partial charge in [-0.05, 0) is 42.4 Å². The van der Waals surface area contributed by atoms with Crippen LogP contribution in [-0.4, -0.2) is 63.9 Å². The summed E-state index contributed by atoms with van der Waals surface area (Å²) in [4.78, 5) is 28.9. The second-order valence-corrected chi connectivity index (χ2v) is 8.21. The van der Waals surface area contributed by atoms with Gasteiger partial charge >= 0.3 is 0 Å². The fourth-order valence-corrected chi connectivity index (χ4v) is 3.67. The van der Waals surface area contributed by atoms with E-state index in [1.54, 1.807) is 18.2 Å². The van der Waals surface area contributed by atoms with Crippen molar-refractivity contribution < 1.29 is 13.6 Å². The van der Waals surface area contributed by atoms with Crippen LogP contribution in [0.15, 0.2) is 48.8 Å². The molecular weight excluding hydrogens is 426 g/mol. The fourth-order valence-electron chi connectivity index (χ4n) is 3.67. The molecular formula is C24H26F2N6O. The lowest BCUT2D eigenvalue weighted by molar-refractivity contribution is -0.120. The van der Waals surface area contributed by atoms with Gasteiger partial charge in [-0.1, -0.05) is 12.1 Å². The van der Waals surface area contributed by atoms with Crippen LogP contribution in [-0.2, 0) is 24.3 Å². The summed E-state index contributed by atoms with van der Waals surface area (Å²) in [6.07, 6.45) is 3.09. The number of carbonyl (C=O) groups excluding carboxylic acids is 1. The molecule has 0 atom stereocenters. The van der Waals surface area contributed by atoms with E-state index in [9.17, 15) is 13.6 Å². The predicted molar refractivity (Wildman–Crippen MR) is 120 cm³/mol. The van der Waals surface area contributed by atoms with E-state index in [1.165, 1.54) is 24.5 Å². The van der Waals surface area contributed by atoms with Crippen LogP contribution in [0.3, 0.4) is 0 Å². The Balaban J connectivity index is 1.33. The first-order chi connectivity index (χ1) is 16.0. The average molecular weight is 453 g/mol. The maximum absolute atomic E-state index is 14.7. The molecule has 0 aliphatic carbocycles. The molecule has 172 valence electrons. The second kappa shape index (κ2) is 10.5. The van der Waals surface area contributed by atoms with Crippen LogP contribution in [0.5, 0.6) is 0 Å². The van der Waals surface area contributed by atoms with Crippen LogP contribution < -0.4 is 5.32 Å². The van der Waals surface area contributed by atoms with Gasteiger partial charge in [0.15, 0.2) is 5.82 Å². The van der Waals surface area contributed by atoms with E-state index in [2.05, 4.69) is 37.1 Å². The van der Waals surface area contributed by atoms with Gasteiger partial charge in [0.05, 0.1) is 24.2 Å². The maximum Gasteiger partial charge on any atom is 0.224 e. The van der Waals surface area contributed by atoms with Crippen LogP contribution in [0.25, 0.3) is 11.4 Å². The summed E-state index contributed by atoms with van der Waals surface area (Å²) in [5, 5.41) is 2.68. The van der Waals surface area contributed by atoms with E-state index in [1.807, 2.05) is 6.07 Å². The summed E-state index contributed by atoms with van der Waals surface area (Å²) in [6, 6.07) is 9.56. The van der Waals surface area contributed by atoms with Crippen molar-refractivity contribution in [3.63, 3.8) is 0 Å². The molecule has 0 radical (unpaired) electrons. The van der Waals surface area contributed by atoms with Crippen molar-refractivity contribution in [2.75, 3.05) is 33.2 Å². The van der Waals surface area contributed by atoms with Gasteiger partial charge in [0.25, 0.3) is 0 Å². The van der Waals surface area contributed by atoms with Crippen molar-refractivity contribution in [3.8, 4) is 11.4 Å². The molecule has 3 heterocycles. The molecule has 0 spiro atoms. The molecule has 0 bridgehead atoms. The van der Waals surface area contributed by atoms with Gasteiger partial charge < -0.3 is 10.2 Å². The summed E-state index contributed by atoms with van der Waals surface area (Å²) >= 11 is 0. The minimum absolute atomic E-state index is 0.0576. The number of carbonyl (C=O) groups is 1. The minimum Gasteiger partial charge on any atom is -0.350 e. The number of likely N-dealkylation sites (N-methyl/N-ethyl adjacent to an activating group) is 1. The molecule has 1 N–H and O–H groups in total. The molecule has 1 aliphatic rings. The highest BCUT2D eigenvalue weighted by molar-refractivity contribution is 5.78. The van der Waals surface area contributed by atoms with Gasteiger partial charge in [-0.15, -0.1) is 0 Å². The topological polar surface area (TPSA) is 74.2 Å². The molecule has 1 saturated heterocycles. The van der Waals surface area contributed by atoms with Crippen molar-refractivity contribution in [3.05, 3.63) is 77.4 Å². The zero-order chi connectivity index (χ0) is 23.2. The Morgan fingerprint density at radius 1 is 1.03 bits per heavy atom. The van der Waals surface area contributed by atoms with E-state index in [0.29, 0.717) is 23.4 Å². The summed E-state index contributed by atoms with van der Waals surface area (Å²) in [5.41, 5.74) is 2.27. The normalized spacial score (nSPS) is 14.9. The van der Waals surface area contributed by atoms with Crippen LogP contribution >= 0.6 is 0 Å². The van der Waals surface area contributed by atoms with Crippen molar-refractivity contribution in [1.82, 2.24) is 30.1 Å². The third kappa shape index (κ3) is 6.36. The van der Waals surface area contributed by atoms with E-state index in [0.717, 1.165) is 31.7 Å². The van der Waals surface area contributed by atoms with Gasteiger partial charge in [-0.25, -0.2) is 19.3 Å². The van der Waals surface area contributed by atoms with Gasteiger partial charge in [0.1, 0.15) is 5.82 Å². The molecule has 0 unspecified atom stereocenters. The third-order valence-electron chi connectivity index (χ3n) is 5.59. The lowest BCUT2D eigenvalue weighted by Gasteiger charge is -2.32. The number of aromatic nitrogens is 3. The second-order valence-electron chi connectivity index (χ2n) is 8.21. The fraction of sp³-hybridized carbons (Fsp3) is 0.333. The highest BCUT2D eigenvalue weighted by Crippen LogP contribution is 2.21. The standard InChI is InChI=1S/C24H26F2N6O/c1-31-7-9-32(10-8-31)16-17-5-6-20(21(25)11-17)24-28-13-18(14-29-24)12-23(33)27-15-19-3-2-4-22(26)30-19/h2-6,11,13-14H,7-10,12,15-16H2,1H3,(H,27,33). The first-order valence-electron chi connectivity index (χ1n) is 10.8. The van der Waals surface area contributed by atoms with Crippen LogP contribution in [0.2, 0.25) is 0 Å². The van der Waals surface area contributed by atoms with Gasteiger partial charge in [0.2, 0.25) is 11.9 Å². The number of hydrogen-bond donors (Lipinski definition) is 1. The minimum atomic E-state index is -0.592.